The zero-order valence-electron chi connectivity index (χ0n) is 7.33. The Hall–Kier alpha value is -0.244. The molecule has 2 rings (SSSR count). The topological polar surface area (TPSA) is 88.9 Å². The molecule has 0 aliphatic heterocycles. The van der Waals surface area contributed by atoms with Gasteiger partial charge in [-0.1, -0.05) is 0 Å². The predicted molar refractivity (Wildman–Crippen MR) is 58.3 cm³/mol. The quantitative estimate of drug-likeness (QED) is 0.778. The second kappa shape index (κ2) is 13.8. The van der Waals surface area contributed by atoms with Crippen LogP contribution in [0.15, 0.2) is 37.4 Å². The van der Waals surface area contributed by atoms with Crippen molar-refractivity contribution in [2.45, 2.75) is 0 Å². The first kappa shape index (κ1) is 17.2. The summed E-state index contributed by atoms with van der Waals surface area (Å²) >= 11 is 0. The van der Waals surface area contributed by atoms with Gasteiger partial charge < -0.3 is 15.4 Å². The van der Waals surface area contributed by atoms with Crippen LogP contribution in [0.4, 0.5) is 0 Å². The fourth-order valence-electron chi connectivity index (χ4n) is 0.430. The molecule has 9 heteroatoms. The van der Waals surface area contributed by atoms with Crippen LogP contribution in [0.2, 0.25) is 0 Å². The van der Waals surface area contributed by atoms with E-state index >= 15 is 0 Å². The fourth-order valence-corrected chi connectivity index (χ4v) is 0.430. The third-order valence-electron chi connectivity index (χ3n) is 0.812. The molecule has 0 fully saturated rings. The van der Waals surface area contributed by atoms with Crippen LogP contribution in [-0.2, 0) is 10.9 Å². The Labute approximate surface area is 104 Å². The molecule has 2 aromatic rings. The summed E-state index contributed by atoms with van der Waals surface area (Å²) in [6.07, 6.45) is 10.2. The van der Waals surface area contributed by atoms with Gasteiger partial charge in [0.15, 0.2) is 0 Å². The SMILES string of the molecule is O.[Cl][Co]([Cl])[Cl].c1c[nH]cn1.c1c[nH]cn1. The molecule has 0 saturated carbocycles. The van der Waals surface area contributed by atoms with Gasteiger partial charge in [0.25, 0.3) is 0 Å². The van der Waals surface area contributed by atoms with Gasteiger partial charge in [-0.2, -0.15) is 0 Å². The van der Waals surface area contributed by atoms with Crippen molar-refractivity contribution in [3.8, 4) is 0 Å². The third-order valence-corrected chi connectivity index (χ3v) is 0.812. The minimum atomic E-state index is -1.19. The number of nitrogens with one attached hydrogen (secondary N) is 2. The summed E-state index contributed by atoms with van der Waals surface area (Å²) in [5, 5.41) is 0. The van der Waals surface area contributed by atoms with Gasteiger partial charge >= 0.3 is 41.4 Å². The molecule has 0 atom stereocenters. The number of rotatable bonds is 0. The fraction of sp³-hybridized carbons (Fsp3) is 0. The molecule has 0 unspecified atom stereocenters. The van der Waals surface area contributed by atoms with Crippen LogP contribution in [0.5, 0.6) is 0 Å². The van der Waals surface area contributed by atoms with E-state index in [1.54, 1.807) is 37.4 Å². The first-order valence-electron chi connectivity index (χ1n) is 3.23. The molecular weight excluding hydrogens is 309 g/mol. The van der Waals surface area contributed by atoms with Crippen LogP contribution in [0, 0.1) is 0 Å². The van der Waals surface area contributed by atoms with Gasteiger partial charge in [-0.05, 0) is 0 Å². The molecule has 0 aliphatic carbocycles. The Morgan fingerprint density at radius 3 is 1.27 bits per heavy atom. The van der Waals surface area contributed by atoms with E-state index < -0.39 is 10.9 Å². The van der Waals surface area contributed by atoms with E-state index in [9.17, 15) is 0 Å². The van der Waals surface area contributed by atoms with E-state index in [4.69, 9.17) is 30.4 Å². The maximum atomic E-state index is 4.87. The van der Waals surface area contributed by atoms with Crippen molar-refractivity contribution < 1.29 is 16.4 Å². The molecular formula is C6H10Cl3CoN4O. The van der Waals surface area contributed by atoms with Gasteiger partial charge in [0.2, 0.25) is 0 Å². The molecule has 0 amide bonds. The molecule has 0 saturated heterocycles. The van der Waals surface area contributed by atoms with E-state index in [2.05, 4.69) is 19.9 Å². The third kappa shape index (κ3) is 20.0. The molecule has 4 N–H and O–H groups in total. The molecule has 15 heavy (non-hydrogen) atoms. The molecule has 90 valence electrons. The average Bonchev–Trinajstić information content (AvgIpc) is 2.83. The van der Waals surface area contributed by atoms with E-state index in [0.29, 0.717) is 0 Å². The number of imidazole rings is 2. The van der Waals surface area contributed by atoms with Crippen LogP contribution in [0.25, 0.3) is 0 Å². The number of hydrogen-bond acceptors (Lipinski definition) is 2. The molecule has 0 radical (unpaired) electrons. The minimum absolute atomic E-state index is 0. The first-order valence-corrected chi connectivity index (χ1v) is 7.53. The number of aromatic amines is 2. The van der Waals surface area contributed by atoms with Crippen LogP contribution < -0.4 is 0 Å². The Balaban J connectivity index is 0. The number of H-pyrrole nitrogens is 2. The van der Waals surface area contributed by atoms with Crippen LogP contribution in [0.3, 0.4) is 0 Å². The Morgan fingerprint density at radius 2 is 1.20 bits per heavy atom. The average molecular weight is 319 g/mol. The number of nitrogens with zero attached hydrogens (tertiary/aromatic N) is 2. The summed E-state index contributed by atoms with van der Waals surface area (Å²) in [7, 11) is 13.4. The monoisotopic (exact) mass is 318 g/mol. The zero-order valence-corrected chi connectivity index (χ0v) is 10.6. The van der Waals surface area contributed by atoms with E-state index in [1.165, 1.54) is 0 Å². The van der Waals surface area contributed by atoms with Crippen molar-refractivity contribution in [1.29, 1.82) is 0 Å². The second-order valence-corrected chi connectivity index (χ2v) is 6.82. The van der Waals surface area contributed by atoms with Crippen molar-refractivity contribution in [2.24, 2.45) is 0 Å². The molecule has 0 spiro atoms. The van der Waals surface area contributed by atoms with Crippen molar-refractivity contribution in [3.05, 3.63) is 37.4 Å². The Morgan fingerprint density at radius 1 is 0.867 bits per heavy atom. The standard InChI is InChI=1S/2C3H4N2.3ClH.Co.H2O/c2*1-2-5-3-4-1;;;;;/h2*1-3H,(H,4,5);3*1H;;1H2/q;;;;;+3;/p-3. The van der Waals surface area contributed by atoms with Crippen molar-refractivity contribution >= 4 is 30.4 Å². The largest absolute Gasteiger partial charge is 0.351 e. The number of aromatic nitrogens is 4. The number of hydrogen-bond donors (Lipinski definition) is 2. The molecule has 0 aliphatic rings. The summed E-state index contributed by atoms with van der Waals surface area (Å²) in [5.41, 5.74) is 0. The van der Waals surface area contributed by atoms with Crippen LogP contribution in [-0.4, -0.2) is 25.4 Å². The summed E-state index contributed by atoms with van der Waals surface area (Å²) in [5.74, 6) is 0. The van der Waals surface area contributed by atoms with E-state index in [1.807, 2.05) is 0 Å². The van der Waals surface area contributed by atoms with E-state index in [-0.39, 0.29) is 5.48 Å². The Kier molecular flexibility index (Phi) is 15.7. The first-order chi connectivity index (χ1) is 6.73. The summed E-state index contributed by atoms with van der Waals surface area (Å²) in [4.78, 5) is 12.8. The second-order valence-electron chi connectivity index (χ2n) is 1.66. The van der Waals surface area contributed by atoms with Crippen molar-refractivity contribution in [2.75, 3.05) is 0 Å². The maximum Gasteiger partial charge on any atom is 0.0919 e. The molecule has 2 aromatic heterocycles. The van der Waals surface area contributed by atoms with E-state index in [0.717, 1.165) is 0 Å². The van der Waals surface area contributed by atoms with Crippen molar-refractivity contribution in [3.63, 3.8) is 0 Å². The predicted octanol–water partition coefficient (Wildman–Crippen LogP) is 2.06. The van der Waals surface area contributed by atoms with Crippen LogP contribution in [0.1, 0.15) is 0 Å². The van der Waals surface area contributed by atoms with Gasteiger partial charge in [0.05, 0.1) is 12.7 Å². The summed E-state index contributed by atoms with van der Waals surface area (Å²) in [6.45, 7) is 0. The van der Waals surface area contributed by atoms with Gasteiger partial charge in [0, 0.05) is 24.8 Å². The van der Waals surface area contributed by atoms with Crippen molar-refractivity contribution in [1.82, 2.24) is 19.9 Å². The Bertz CT molecular complexity index is 202. The summed E-state index contributed by atoms with van der Waals surface area (Å²) in [6, 6.07) is 0. The van der Waals surface area contributed by atoms with Gasteiger partial charge in [-0.25, -0.2) is 9.97 Å². The summed E-state index contributed by atoms with van der Waals surface area (Å²) < 4.78 is 0. The molecule has 2 heterocycles. The minimum Gasteiger partial charge on any atom is -0.351 e. The van der Waals surface area contributed by atoms with Gasteiger partial charge in [0.1, 0.15) is 0 Å². The van der Waals surface area contributed by atoms with Crippen LogP contribution >= 0.6 is 30.4 Å². The number of halogens is 3. The van der Waals surface area contributed by atoms with Gasteiger partial charge in [-0.3, -0.25) is 0 Å². The molecule has 0 bridgehead atoms. The molecule has 5 nitrogen and oxygen atoms in total. The van der Waals surface area contributed by atoms with Gasteiger partial charge in [-0.15, -0.1) is 0 Å². The maximum absolute atomic E-state index is 4.87. The smallest absolute Gasteiger partial charge is 0.0919 e. The normalized spacial score (nSPS) is 8.33. The molecule has 0 aromatic carbocycles. The zero-order chi connectivity index (χ0) is 10.6.